The molecule has 1 saturated heterocycles. The molecule has 3 aliphatic rings. The van der Waals surface area contributed by atoms with E-state index in [9.17, 15) is 9.90 Å². The summed E-state index contributed by atoms with van der Waals surface area (Å²) >= 11 is 0. The number of nitrogens with one attached hydrogen (secondary N) is 3. The Kier molecular flexibility index (Phi) is 4.82. The molecule has 1 unspecified atom stereocenters. The second-order valence-electron chi connectivity index (χ2n) is 9.10. The minimum Gasteiger partial charge on any atom is -0.507 e. The maximum Gasteiger partial charge on any atom is 0.261 e. The fourth-order valence-corrected chi connectivity index (χ4v) is 5.01. The Morgan fingerprint density at radius 1 is 1.38 bits per heavy atom. The van der Waals surface area contributed by atoms with Gasteiger partial charge in [0.1, 0.15) is 11.6 Å². The third-order valence-corrected chi connectivity index (χ3v) is 7.02. The van der Waals surface area contributed by atoms with Crippen LogP contribution in [-0.4, -0.2) is 34.5 Å². The molecule has 1 atom stereocenters. The van der Waals surface area contributed by atoms with Crippen molar-refractivity contribution in [2.45, 2.75) is 44.2 Å². The molecule has 1 aromatic heterocycles. The van der Waals surface area contributed by atoms with Crippen LogP contribution in [0.2, 0.25) is 0 Å². The third-order valence-electron chi connectivity index (χ3n) is 7.02. The number of aromatic nitrogens is 1. The summed E-state index contributed by atoms with van der Waals surface area (Å²) in [6, 6.07) is 4.90. The van der Waals surface area contributed by atoms with Crippen molar-refractivity contribution in [3.63, 3.8) is 0 Å². The number of benzene rings is 1. The zero-order valence-corrected chi connectivity index (χ0v) is 18.3. The summed E-state index contributed by atoms with van der Waals surface area (Å²) < 4.78 is 17.0. The van der Waals surface area contributed by atoms with Crippen LogP contribution >= 0.6 is 0 Å². The lowest BCUT2D eigenvalue weighted by molar-refractivity contribution is 0.282. The maximum absolute atomic E-state index is 15.3. The van der Waals surface area contributed by atoms with Gasteiger partial charge in [-0.05, 0) is 74.4 Å². The van der Waals surface area contributed by atoms with Gasteiger partial charge in [-0.1, -0.05) is 0 Å². The topological polar surface area (TPSA) is 90.1 Å². The van der Waals surface area contributed by atoms with Crippen LogP contribution in [0.25, 0.3) is 16.3 Å². The molecule has 2 aromatic rings. The highest BCUT2D eigenvalue weighted by Gasteiger charge is 2.46. The number of piperidine rings is 1. The number of allylic oxidation sites excluding steroid dienone is 4. The first-order chi connectivity index (χ1) is 15.3. The summed E-state index contributed by atoms with van der Waals surface area (Å²) in [5.74, 6) is -0.655. The van der Waals surface area contributed by atoms with Crippen LogP contribution in [0.5, 0.6) is 0 Å². The molecule has 1 saturated carbocycles. The first-order valence-electron chi connectivity index (χ1n) is 11.0. The largest absolute Gasteiger partial charge is 0.507 e. The minimum absolute atomic E-state index is 0.0558. The number of aliphatic hydroxyl groups excluding tert-OH is 1. The molecule has 2 aliphatic carbocycles. The van der Waals surface area contributed by atoms with Crippen LogP contribution in [0.3, 0.4) is 0 Å². The highest BCUT2D eigenvalue weighted by atomic mass is 19.1. The van der Waals surface area contributed by atoms with E-state index in [1.807, 2.05) is 0 Å². The van der Waals surface area contributed by atoms with Gasteiger partial charge >= 0.3 is 0 Å². The summed E-state index contributed by atoms with van der Waals surface area (Å²) in [7, 11) is 1.73. The monoisotopic (exact) mass is 434 g/mol. The van der Waals surface area contributed by atoms with Gasteiger partial charge in [0.15, 0.2) is 0 Å². The van der Waals surface area contributed by atoms with Crippen molar-refractivity contribution >= 4 is 22.1 Å². The Labute approximate surface area is 185 Å². The molecule has 2 fully saturated rings. The van der Waals surface area contributed by atoms with Gasteiger partial charge in [0, 0.05) is 47.7 Å². The molecule has 32 heavy (non-hydrogen) atoms. The molecule has 0 amide bonds. The van der Waals surface area contributed by atoms with Gasteiger partial charge in [-0.3, -0.25) is 10.2 Å². The number of hydrogen-bond donors (Lipinski definition) is 4. The van der Waals surface area contributed by atoms with Crippen LogP contribution in [0.4, 0.5) is 4.39 Å². The summed E-state index contributed by atoms with van der Waals surface area (Å²) in [5, 5.41) is 25.9. The predicted octanol–water partition coefficient (Wildman–Crippen LogP) is 3.95. The van der Waals surface area contributed by atoms with E-state index in [0.29, 0.717) is 27.7 Å². The maximum atomic E-state index is 15.3. The van der Waals surface area contributed by atoms with E-state index in [4.69, 9.17) is 5.41 Å². The second-order valence-corrected chi connectivity index (χ2v) is 9.10. The Morgan fingerprint density at radius 3 is 2.88 bits per heavy atom. The normalized spacial score (nSPS) is 23.7. The number of rotatable bonds is 3. The van der Waals surface area contributed by atoms with Crippen LogP contribution in [0.15, 0.2) is 58.4 Å². The Balaban J connectivity index is 1.59. The van der Waals surface area contributed by atoms with E-state index >= 15 is 4.39 Å². The van der Waals surface area contributed by atoms with Crippen LogP contribution in [-0.2, 0) is 0 Å². The van der Waals surface area contributed by atoms with E-state index in [1.54, 1.807) is 49.1 Å². The quantitative estimate of drug-likeness (QED) is 0.589. The SMILES string of the molecule is CN/C=C1/C=C(c2cc(F)c3c(=O)n(C4CCNC5(CC5)C4)ccc3c2)C(O)=C(C)C1=N. The van der Waals surface area contributed by atoms with Gasteiger partial charge in [0.05, 0.1) is 11.1 Å². The molecule has 1 aromatic carbocycles. The molecule has 1 aliphatic heterocycles. The molecule has 6 nitrogen and oxygen atoms in total. The average molecular weight is 435 g/mol. The standard InChI is InChI=1S/C25H27FN4O2/c1-14-22(27)17(13-28-2)10-19(23(14)31)16-9-15-4-8-30(24(32)21(15)20(26)11-16)18-3-7-29-25(12-18)5-6-25/h4,8-11,13,18,27-29,31H,3,5-7,12H2,1-2H3/b17-13-,27-22?. The van der Waals surface area contributed by atoms with Crippen molar-refractivity contribution in [3.8, 4) is 0 Å². The zero-order chi connectivity index (χ0) is 22.6. The Hall–Kier alpha value is -3.19. The molecule has 1 spiro atoms. The minimum atomic E-state index is -0.599. The number of hydrogen-bond acceptors (Lipinski definition) is 5. The van der Waals surface area contributed by atoms with Crippen molar-refractivity contribution in [2.75, 3.05) is 13.6 Å². The van der Waals surface area contributed by atoms with Crippen molar-refractivity contribution < 1.29 is 9.50 Å². The highest BCUT2D eigenvalue weighted by Crippen LogP contribution is 2.45. The van der Waals surface area contributed by atoms with Crippen molar-refractivity contribution in [2.24, 2.45) is 0 Å². The van der Waals surface area contributed by atoms with Crippen LogP contribution in [0, 0.1) is 11.2 Å². The Bertz CT molecular complexity index is 1300. The van der Waals surface area contributed by atoms with Crippen molar-refractivity contribution in [1.82, 2.24) is 15.2 Å². The molecule has 0 bridgehead atoms. The van der Waals surface area contributed by atoms with Gasteiger partial charge < -0.3 is 20.3 Å². The molecule has 7 heteroatoms. The smallest absolute Gasteiger partial charge is 0.261 e. The first-order valence-corrected chi connectivity index (χ1v) is 11.0. The fourth-order valence-electron chi connectivity index (χ4n) is 5.01. The Morgan fingerprint density at radius 2 is 2.16 bits per heavy atom. The number of fused-ring (bicyclic) bond motifs is 1. The second kappa shape index (κ2) is 7.45. The van der Waals surface area contributed by atoms with Gasteiger partial charge in [0.2, 0.25) is 0 Å². The van der Waals surface area contributed by atoms with Crippen molar-refractivity contribution in [1.29, 1.82) is 5.41 Å². The summed E-state index contributed by atoms with van der Waals surface area (Å²) in [4.78, 5) is 13.2. The van der Waals surface area contributed by atoms with E-state index in [1.165, 1.54) is 6.07 Å². The summed E-state index contributed by atoms with van der Waals surface area (Å²) in [6.07, 6.45) is 9.12. The third kappa shape index (κ3) is 3.28. The van der Waals surface area contributed by atoms with Gasteiger partial charge in [-0.2, -0.15) is 0 Å². The van der Waals surface area contributed by atoms with Crippen molar-refractivity contribution in [3.05, 3.63) is 75.3 Å². The van der Waals surface area contributed by atoms with Gasteiger partial charge in [0.25, 0.3) is 5.56 Å². The van der Waals surface area contributed by atoms with E-state index in [-0.39, 0.29) is 34.0 Å². The van der Waals surface area contributed by atoms with Crippen LogP contribution < -0.4 is 16.2 Å². The number of aliphatic hydroxyl groups is 1. The molecule has 0 radical (unpaired) electrons. The molecular weight excluding hydrogens is 407 g/mol. The van der Waals surface area contributed by atoms with Gasteiger partial charge in [-0.25, -0.2) is 4.39 Å². The van der Waals surface area contributed by atoms with E-state index in [2.05, 4.69) is 10.6 Å². The molecule has 166 valence electrons. The average Bonchev–Trinajstić information content (AvgIpc) is 3.52. The molecule has 4 N–H and O–H groups in total. The molecule has 5 rings (SSSR count). The lowest BCUT2D eigenvalue weighted by Gasteiger charge is -2.32. The summed E-state index contributed by atoms with van der Waals surface area (Å²) in [6.45, 7) is 2.53. The number of halogens is 1. The summed E-state index contributed by atoms with van der Waals surface area (Å²) in [5.41, 5.74) is 1.98. The number of pyridine rings is 1. The number of nitrogens with zero attached hydrogens (tertiary/aromatic N) is 1. The lowest BCUT2D eigenvalue weighted by Crippen LogP contribution is -2.42. The fraction of sp³-hybridized carbons (Fsp3) is 0.360. The predicted molar refractivity (Wildman–Crippen MR) is 125 cm³/mol. The molecule has 2 heterocycles. The van der Waals surface area contributed by atoms with Crippen LogP contribution in [0.1, 0.15) is 44.2 Å². The first kappa shape index (κ1) is 20.7. The van der Waals surface area contributed by atoms with Gasteiger partial charge in [-0.15, -0.1) is 0 Å². The van der Waals surface area contributed by atoms with E-state index < -0.39 is 5.82 Å². The van der Waals surface area contributed by atoms with E-state index in [0.717, 1.165) is 32.2 Å². The zero-order valence-electron chi connectivity index (χ0n) is 18.3. The molecular formula is C25H27FN4O2. The highest BCUT2D eigenvalue weighted by molar-refractivity contribution is 6.17. The lowest BCUT2D eigenvalue weighted by atomic mass is 9.88.